The Morgan fingerprint density at radius 1 is 1.31 bits per heavy atom. The van der Waals surface area contributed by atoms with Crippen molar-refractivity contribution in [3.05, 3.63) is 0 Å². The van der Waals surface area contributed by atoms with Crippen molar-refractivity contribution in [2.75, 3.05) is 0 Å². The summed E-state index contributed by atoms with van der Waals surface area (Å²) in [6.45, 7) is 6.26. The SMILES string of the molecule is CCC[C@@H](C)N[C@@H](C)C(=O)NC1CCCC1. The van der Waals surface area contributed by atoms with Gasteiger partial charge in [0.25, 0.3) is 0 Å². The summed E-state index contributed by atoms with van der Waals surface area (Å²) in [6, 6.07) is 0.787. The molecule has 3 heteroatoms. The van der Waals surface area contributed by atoms with Gasteiger partial charge in [-0.15, -0.1) is 0 Å². The Labute approximate surface area is 99.4 Å². The van der Waals surface area contributed by atoms with Gasteiger partial charge in [0, 0.05) is 12.1 Å². The third-order valence-electron chi connectivity index (χ3n) is 3.35. The molecule has 2 atom stereocenters. The van der Waals surface area contributed by atoms with Gasteiger partial charge in [0.2, 0.25) is 5.91 Å². The number of carbonyl (C=O) groups is 1. The minimum atomic E-state index is -0.0675. The molecule has 3 nitrogen and oxygen atoms in total. The molecule has 1 aliphatic carbocycles. The summed E-state index contributed by atoms with van der Waals surface area (Å²) in [6.07, 6.45) is 7.12. The Kier molecular flexibility index (Phi) is 5.81. The highest BCUT2D eigenvalue weighted by molar-refractivity contribution is 5.81. The van der Waals surface area contributed by atoms with E-state index in [1.807, 2.05) is 6.92 Å². The molecule has 0 aromatic heterocycles. The highest BCUT2D eigenvalue weighted by Gasteiger charge is 2.21. The maximum atomic E-state index is 11.9. The Morgan fingerprint density at radius 3 is 2.50 bits per heavy atom. The summed E-state index contributed by atoms with van der Waals surface area (Å²) < 4.78 is 0. The highest BCUT2D eigenvalue weighted by Crippen LogP contribution is 2.17. The van der Waals surface area contributed by atoms with Gasteiger partial charge >= 0.3 is 0 Å². The molecular formula is C13H26N2O. The van der Waals surface area contributed by atoms with Crippen molar-refractivity contribution in [2.24, 2.45) is 0 Å². The fraction of sp³-hybridized carbons (Fsp3) is 0.923. The van der Waals surface area contributed by atoms with E-state index in [1.54, 1.807) is 0 Å². The molecular weight excluding hydrogens is 200 g/mol. The van der Waals surface area contributed by atoms with Crippen LogP contribution in [0.15, 0.2) is 0 Å². The van der Waals surface area contributed by atoms with Gasteiger partial charge in [-0.2, -0.15) is 0 Å². The lowest BCUT2D eigenvalue weighted by Gasteiger charge is -2.21. The van der Waals surface area contributed by atoms with E-state index < -0.39 is 0 Å². The lowest BCUT2D eigenvalue weighted by Crippen LogP contribution is -2.48. The average Bonchev–Trinajstić information content (AvgIpc) is 2.70. The lowest BCUT2D eigenvalue weighted by atomic mass is 10.1. The van der Waals surface area contributed by atoms with E-state index in [4.69, 9.17) is 0 Å². The lowest BCUT2D eigenvalue weighted by molar-refractivity contribution is -0.123. The van der Waals surface area contributed by atoms with Crippen molar-refractivity contribution < 1.29 is 4.79 Å². The average molecular weight is 226 g/mol. The molecule has 0 aromatic rings. The van der Waals surface area contributed by atoms with E-state index in [1.165, 1.54) is 12.8 Å². The maximum Gasteiger partial charge on any atom is 0.237 e. The van der Waals surface area contributed by atoms with Gasteiger partial charge in [-0.25, -0.2) is 0 Å². The van der Waals surface area contributed by atoms with E-state index in [9.17, 15) is 4.79 Å². The first-order valence-electron chi connectivity index (χ1n) is 6.70. The second-order valence-electron chi connectivity index (χ2n) is 5.07. The second kappa shape index (κ2) is 6.89. The monoisotopic (exact) mass is 226 g/mol. The third-order valence-corrected chi connectivity index (χ3v) is 3.35. The fourth-order valence-electron chi connectivity index (χ4n) is 2.42. The van der Waals surface area contributed by atoms with Crippen LogP contribution in [0.3, 0.4) is 0 Å². The number of rotatable bonds is 6. The normalized spacial score (nSPS) is 20.7. The predicted octanol–water partition coefficient (Wildman–Crippen LogP) is 2.21. The van der Waals surface area contributed by atoms with E-state index in [0.29, 0.717) is 12.1 Å². The summed E-state index contributed by atoms with van der Waals surface area (Å²) in [7, 11) is 0. The molecule has 94 valence electrons. The van der Waals surface area contributed by atoms with Crippen molar-refractivity contribution in [1.82, 2.24) is 10.6 Å². The molecule has 0 bridgehead atoms. The largest absolute Gasteiger partial charge is 0.352 e. The summed E-state index contributed by atoms with van der Waals surface area (Å²) in [5, 5.41) is 6.47. The van der Waals surface area contributed by atoms with Gasteiger partial charge in [-0.05, 0) is 33.1 Å². The zero-order chi connectivity index (χ0) is 12.0. The standard InChI is InChI=1S/C13H26N2O/c1-4-7-10(2)14-11(3)13(16)15-12-8-5-6-9-12/h10-12,14H,4-9H2,1-3H3,(H,15,16)/t10-,11+/m1/s1. The number of amides is 1. The van der Waals surface area contributed by atoms with Crippen LogP contribution in [0.2, 0.25) is 0 Å². The first-order chi connectivity index (χ1) is 7.63. The number of carbonyl (C=O) groups excluding carboxylic acids is 1. The van der Waals surface area contributed by atoms with Crippen molar-refractivity contribution in [3.8, 4) is 0 Å². The van der Waals surface area contributed by atoms with Crippen LogP contribution in [-0.4, -0.2) is 24.0 Å². The maximum absolute atomic E-state index is 11.9. The van der Waals surface area contributed by atoms with Crippen LogP contribution in [0.5, 0.6) is 0 Å². The van der Waals surface area contributed by atoms with Crippen LogP contribution >= 0.6 is 0 Å². The summed E-state index contributed by atoms with van der Waals surface area (Å²) >= 11 is 0. The Balaban J connectivity index is 2.23. The van der Waals surface area contributed by atoms with Gasteiger partial charge < -0.3 is 10.6 Å². The van der Waals surface area contributed by atoms with Crippen LogP contribution in [0.25, 0.3) is 0 Å². The Morgan fingerprint density at radius 2 is 1.94 bits per heavy atom. The second-order valence-corrected chi connectivity index (χ2v) is 5.07. The zero-order valence-corrected chi connectivity index (χ0v) is 10.9. The van der Waals surface area contributed by atoms with Gasteiger partial charge in [-0.1, -0.05) is 26.2 Å². The molecule has 0 saturated heterocycles. The topological polar surface area (TPSA) is 41.1 Å². The molecule has 0 radical (unpaired) electrons. The highest BCUT2D eigenvalue weighted by atomic mass is 16.2. The van der Waals surface area contributed by atoms with Crippen LogP contribution in [-0.2, 0) is 4.79 Å². The molecule has 1 saturated carbocycles. The van der Waals surface area contributed by atoms with Crippen molar-refractivity contribution in [1.29, 1.82) is 0 Å². The van der Waals surface area contributed by atoms with Gasteiger partial charge in [0.1, 0.15) is 0 Å². The first kappa shape index (κ1) is 13.5. The summed E-state index contributed by atoms with van der Waals surface area (Å²) in [4.78, 5) is 11.9. The molecule has 0 heterocycles. The molecule has 1 rings (SSSR count). The fourth-order valence-corrected chi connectivity index (χ4v) is 2.42. The van der Waals surface area contributed by atoms with Crippen molar-refractivity contribution in [2.45, 2.75) is 77.4 Å². The van der Waals surface area contributed by atoms with E-state index in [-0.39, 0.29) is 11.9 Å². The van der Waals surface area contributed by atoms with Crippen LogP contribution < -0.4 is 10.6 Å². The van der Waals surface area contributed by atoms with Crippen molar-refractivity contribution in [3.63, 3.8) is 0 Å². The first-order valence-corrected chi connectivity index (χ1v) is 6.70. The Hall–Kier alpha value is -0.570. The molecule has 1 aliphatic rings. The third kappa shape index (κ3) is 4.52. The predicted molar refractivity (Wildman–Crippen MR) is 67.4 cm³/mol. The van der Waals surface area contributed by atoms with Crippen LogP contribution in [0, 0.1) is 0 Å². The van der Waals surface area contributed by atoms with Gasteiger partial charge in [0.15, 0.2) is 0 Å². The molecule has 2 N–H and O–H groups in total. The minimum Gasteiger partial charge on any atom is -0.352 e. The van der Waals surface area contributed by atoms with Gasteiger partial charge in [0.05, 0.1) is 6.04 Å². The van der Waals surface area contributed by atoms with E-state index in [2.05, 4.69) is 24.5 Å². The summed E-state index contributed by atoms with van der Waals surface area (Å²) in [5.41, 5.74) is 0. The molecule has 16 heavy (non-hydrogen) atoms. The molecule has 1 fully saturated rings. The zero-order valence-electron chi connectivity index (χ0n) is 10.9. The molecule has 0 aliphatic heterocycles. The minimum absolute atomic E-state index is 0.0675. The summed E-state index contributed by atoms with van der Waals surface area (Å²) in [5.74, 6) is 0.162. The van der Waals surface area contributed by atoms with E-state index >= 15 is 0 Å². The van der Waals surface area contributed by atoms with Crippen molar-refractivity contribution >= 4 is 5.91 Å². The molecule has 0 spiro atoms. The quantitative estimate of drug-likeness (QED) is 0.729. The van der Waals surface area contributed by atoms with Gasteiger partial charge in [-0.3, -0.25) is 4.79 Å². The Bertz CT molecular complexity index is 212. The smallest absolute Gasteiger partial charge is 0.237 e. The number of hydrogen-bond acceptors (Lipinski definition) is 2. The number of nitrogens with one attached hydrogen (secondary N) is 2. The molecule has 0 unspecified atom stereocenters. The van der Waals surface area contributed by atoms with E-state index in [0.717, 1.165) is 25.7 Å². The van der Waals surface area contributed by atoms with Crippen LogP contribution in [0.4, 0.5) is 0 Å². The molecule has 0 aromatic carbocycles. The molecule has 1 amide bonds. The number of hydrogen-bond donors (Lipinski definition) is 2. The van der Waals surface area contributed by atoms with Crippen LogP contribution in [0.1, 0.15) is 59.3 Å².